The third-order valence-corrected chi connectivity index (χ3v) is 4.74. The number of carbonyl (C=O) groups is 1. The molecular weight excluding hydrogens is 266 g/mol. The van der Waals surface area contributed by atoms with Crippen molar-refractivity contribution in [2.75, 3.05) is 6.61 Å². The quantitative estimate of drug-likeness (QED) is 0.913. The molecule has 0 aromatic carbocycles. The highest BCUT2D eigenvalue weighted by Crippen LogP contribution is 2.38. The molecule has 1 saturated carbocycles. The molecule has 0 unspecified atom stereocenters. The molecule has 1 N–H and O–H groups in total. The van der Waals surface area contributed by atoms with Gasteiger partial charge in [-0.05, 0) is 26.7 Å². The highest BCUT2D eigenvalue weighted by atomic mass is 35.5. The molecule has 1 aliphatic carbocycles. The summed E-state index contributed by atoms with van der Waals surface area (Å²) in [6.07, 6.45) is 2.36. The van der Waals surface area contributed by atoms with Crippen molar-refractivity contribution in [2.45, 2.75) is 45.4 Å². The third kappa shape index (κ3) is 2.25. The van der Waals surface area contributed by atoms with E-state index in [0.29, 0.717) is 17.0 Å². The summed E-state index contributed by atoms with van der Waals surface area (Å²) in [5.74, 6) is 0.505. The number of aryl methyl sites for hydroxylation is 1. The average Bonchev–Trinajstić information content (AvgIpc) is 2.83. The van der Waals surface area contributed by atoms with Crippen LogP contribution in [0.2, 0.25) is 5.02 Å². The fourth-order valence-corrected chi connectivity index (χ4v) is 3.12. The molecule has 0 radical (unpaired) electrons. The van der Waals surface area contributed by atoms with Crippen LogP contribution in [0.4, 0.5) is 0 Å². The Labute approximate surface area is 117 Å². The van der Waals surface area contributed by atoms with Crippen molar-refractivity contribution in [3.05, 3.63) is 16.4 Å². The summed E-state index contributed by atoms with van der Waals surface area (Å²) in [6, 6.07) is 0.271. The minimum Gasteiger partial charge on any atom is -0.378 e. The number of hydrogen-bond acceptors (Lipinski definition) is 3. The van der Waals surface area contributed by atoms with Crippen molar-refractivity contribution in [1.29, 1.82) is 0 Å². The van der Waals surface area contributed by atoms with E-state index in [-0.39, 0.29) is 18.5 Å². The molecule has 2 heterocycles. The fraction of sp³-hybridized carbons (Fsp3) is 0.692. The van der Waals surface area contributed by atoms with Gasteiger partial charge in [0, 0.05) is 18.6 Å². The summed E-state index contributed by atoms with van der Waals surface area (Å²) < 4.78 is 7.19. The molecule has 6 heteroatoms. The monoisotopic (exact) mass is 283 g/mol. The Bertz CT molecular complexity index is 514. The summed E-state index contributed by atoms with van der Waals surface area (Å²) >= 11 is 6.07. The van der Waals surface area contributed by atoms with Gasteiger partial charge in [0.05, 0.1) is 22.5 Å². The maximum absolute atomic E-state index is 12.0. The topological polar surface area (TPSA) is 56.2 Å². The van der Waals surface area contributed by atoms with Crippen LogP contribution in [-0.2, 0) is 16.1 Å². The molecule has 1 amide bonds. The first-order valence-corrected chi connectivity index (χ1v) is 7.04. The van der Waals surface area contributed by atoms with Gasteiger partial charge >= 0.3 is 0 Å². The van der Waals surface area contributed by atoms with Crippen molar-refractivity contribution in [2.24, 2.45) is 5.92 Å². The first-order valence-electron chi connectivity index (χ1n) is 6.66. The number of rotatable bonds is 3. The number of ether oxygens (including phenoxy) is 1. The zero-order valence-electron chi connectivity index (χ0n) is 11.1. The number of nitrogens with one attached hydrogen (secondary N) is 1. The van der Waals surface area contributed by atoms with E-state index in [1.807, 2.05) is 13.8 Å². The van der Waals surface area contributed by atoms with E-state index >= 15 is 0 Å². The maximum atomic E-state index is 12.0. The summed E-state index contributed by atoms with van der Waals surface area (Å²) in [4.78, 5) is 12.0. The Balaban J connectivity index is 1.58. The molecule has 104 valence electrons. The SMILES string of the molecule is Cc1nn(CC(=O)N[C@H]2C[C@@H]3OCC[C@H]23)c(C)c1Cl. The van der Waals surface area contributed by atoms with E-state index in [1.54, 1.807) is 4.68 Å². The van der Waals surface area contributed by atoms with Gasteiger partial charge in [-0.1, -0.05) is 11.6 Å². The van der Waals surface area contributed by atoms with E-state index in [2.05, 4.69) is 10.4 Å². The van der Waals surface area contributed by atoms with Crippen LogP contribution in [0, 0.1) is 19.8 Å². The van der Waals surface area contributed by atoms with Gasteiger partial charge in [-0.25, -0.2) is 0 Å². The second-order valence-corrected chi connectivity index (χ2v) is 5.79. The Morgan fingerprint density at radius 2 is 2.37 bits per heavy atom. The van der Waals surface area contributed by atoms with E-state index in [4.69, 9.17) is 16.3 Å². The van der Waals surface area contributed by atoms with E-state index in [9.17, 15) is 4.79 Å². The molecule has 0 spiro atoms. The minimum absolute atomic E-state index is 0.00221. The second kappa shape index (κ2) is 4.80. The molecule has 2 aliphatic rings. The third-order valence-electron chi connectivity index (χ3n) is 4.20. The Morgan fingerprint density at radius 3 is 3.00 bits per heavy atom. The second-order valence-electron chi connectivity index (χ2n) is 5.41. The normalized spacial score (nSPS) is 28.9. The van der Waals surface area contributed by atoms with Crippen molar-refractivity contribution >= 4 is 17.5 Å². The fourth-order valence-electron chi connectivity index (χ4n) is 2.98. The van der Waals surface area contributed by atoms with Crippen LogP contribution in [0.5, 0.6) is 0 Å². The van der Waals surface area contributed by atoms with Crippen LogP contribution >= 0.6 is 11.6 Å². The molecule has 5 nitrogen and oxygen atoms in total. The van der Waals surface area contributed by atoms with Crippen LogP contribution in [0.1, 0.15) is 24.2 Å². The Kier molecular flexibility index (Phi) is 3.27. The predicted octanol–water partition coefficient (Wildman–Crippen LogP) is 1.45. The van der Waals surface area contributed by atoms with Gasteiger partial charge in [-0.2, -0.15) is 5.10 Å². The zero-order chi connectivity index (χ0) is 13.6. The van der Waals surface area contributed by atoms with Crippen molar-refractivity contribution < 1.29 is 9.53 Å². The zero-order valence-corrected chi connectivity index (χ0v) is 11.9. The summed E-state index contributed by atoms with van der Waals surface area (Å²) in [5, 5.41) is 7.98. The minimum atomic E-state index is -0.00221. The molecule has 0 bridgehead atoms. The van der Waals surface area contributed by atoms with Crippen molar-refractivity contribution in [3.63, 3.8) is 0 Å². The lowest BCUT2D eigenvalue weighted by atomic mass is 9.76. The van der Waals surface area contributed by atoms with Gasteiger partial charge in [0.1, 0.15) is 6.54 Å². The van der Waals surface area contributed by atoms with Crippen LogP contribution in [-0.4, -0.2) is 34.4 Å². The standard InChI is InChI=1S/C13H18ClN3O2/c1-7-13(14)8(2)17(16-7)6-12(18)15-10-5-11-9(10)3-4-19-11/h9-11H,3-6H2,1-2H3,(H,15,18)/t9-,10+,11+/m1/s1. The van der Waals surface area contributed by atoms with Gasteiger partial charge < -0.3 is 10.1 Å². The largest absolute Gasteiger partial charge is 0.378 e. The number of hydrogen-bond donors (Lipinski definition) is 1. The average molecular weight is 284 g/mol. The number of amides is 1. The van der Waals surface area contributed by atoms with Crippen LogP contribution in [0.15, 0.2) is 0 Å². The lowest BCUT2D eigenvalue weighted by Gasteiger charge is -2.39. The van der Waals surface area contributed by atoms with Crippen LogP contribution in [0.25, 0.3) is 0 Å². The van der Waals surface area contributed by atoms with Crippen LogP contribution < -0.4 is 5.32 Å². The molecule has 3 rings (SSSR count). The van der Waals surface area contributed by atoms with Gasteiger partial charge in [-0.3, -0.25) is 9.48 Å². The van der Waals surface area contributed by atoms with E-state index < -0.39 is 0 Å². The number of aromatic nitrogens is 2. The summed E-state index contributed by atoms with van der Waals surface area (Å²) in [7, 11) is 0. The van der Waals surface area contributed by atoms with Gasteiger partial charge in [0.25, 0.3) is 0 Å². The first-order chi connectivity index (χ1) is 9.06. The predicted molar refractivity (Wildman–Crippen MR) is 71.1 cm³/mol. The molecule has 1 saturated heterocycles. The lowest BCUT2D eigenvalue weighted by molar-refractivity contribution is -0.124. The van der Waals surface area contributed by atoms with E-state index in [0.717, 1.165) is 30.8 Å². The molecular formula is C13H18ClN3O2. The van der Waals surface area contributed by atoms with Crippen molar-refractivity contribution in [1.82, 2.24) is 15.1 Å². The van der Waals surface area contributed by atoms with E-state index in [1.165, 1.54) is 0 Å². The number of halogens is 1. The van der Waals surface area contributed by atoms with Crippen molar-refractivity contribution in [3.8, 4) is 0 Å². The summed E-state index contributed by atoms with van der Waals surface area (Å²) in [5.41, 5.74) is 1.60. The summed E-state index contributed by atoms with van der Waals surface area (Å²) in [6.45, 7) is 4.78. The highest BCUT2D eigenvalue weighted by Gasteiger charge is 2.45. The van der Waals surface area contributed by atoms with Gasteiger partial charge in [-0.15, -0.1) is 0 Å². The Morgan fingerprint density at radius 1 is 1.58 bits per heavy atom. The smallest absolute Gasteiger partial charge is 0.241 e. The van der Waals surface area contributed by atoms with Gasteiger partial charge in [0.2, 0.25) is 5.91 Å². The first kappa shape index (κ1) is 12.9. The Hall–Kier alpha value is -1.07. The lowest BCUT2D eigenvalue weighted by Crippen LogP contribution is -2.54. The molecule has 3 atom stereocenters. The molecule has 2 fully saturated rings. The van der Waals surface area contributed by atoms with Crippen LogP contribution in [0.3, 0.4) is 0 Å². The molecule has 19 heavy (non-hydrogen) atoms. The molecule has 1 aliphatic heterocycles. The van der Waals surface area contributed by atoms with Gasteiger partial charge in [0.15, 0.2) is 0 Å². The number of fused-ring (bicyclic) bond motifs is 1. The number of nitrogens with zero attached hydrogens (tertiary/aromatic N) is 2. The maximum Gasteiger partial charge on any atom is 0.241 e. The molecule has 1 aromatic heterocycles. The molecule has 1 aromatic rings. The highest BCUT2D eigenvalue weighted by molar-refractivity contribution is 6.31. The number of carbonyl (C=O) groups excluding carboxylic acids is 1.